The molecule has 0 spiro atoms. The van der Waals surface area contributed by atoms with E-state index in [1.54, 1.807) is 4.80 Å². The lowest BCUT2D eigenvalue weighted by Gasteiger charge is -2.32. The number of hydrogen-bond acceptors (Lipinski definition) is 3. The highest BCUT2D eigenvalue weighted by Gasteiger charge is 2.27. The molecule has 1 aliphatic heterocycles. The Hall–Kier alpha value is -2.17. The molecule has 0 unspecified atom stereocenters. The molecule has 5 nitrogen and oxygen atoms in total. The van der Waals surface area contributed by atoms with E-state index in [1.165, 1.54) is 12.0 Å². The molecular formula is C17H22N4O. The first kappa shape index (κ1) is 14.8. The fourth-order valence-corrected chi connectivity index (χ4v) is 2.91. The van der Waals surface area contributed by atoms with Crippen molar-refractivity contribution in [1.82, 2.24) is 19.9 Å². The van der Waals surface area contributed by atoms with Crippen LogP contribution in [0, 0.1) is 13.8 Å². The first-order chi connectivity index (χ1) is 10.6. The summed E-state index contributed by atoms with van der Waals surface area (Å²) in [4.78, 5) is 16.2. The van der Waals surface area contributed by atoms with Crippen LogP contribution in [0.4, 0.5) is 0 Å². The van der Waals surface area contributed by atoms with Gasteiger partial charge in [-0.05, 0) is 52.2 Å². The Morgan fingerprint density at radius 1 is 1.14 bits per heavy atom. The van der Waals surface area contributed by atoms with Gasteiger partial charge in [-0.25, -0.2) is 0 Å². The molecule has 0 saturated carbocycles. The van der Waals surface area contributed by atoms with Crippen LogP contribution in [-0.2, 0) is 0 Å². The van der Waals surface area contributed by atoms with Crippen molar-refractivity contribution in [2.75, 3.05) is 6.54 Å². The van der Waals surface area contributed by atoms with Gasteiger partial charge in [-0.1, -0.05) is 17.7 Å². The minimum atomic E-state index is 0.00283. The minimum Gasteiger partial charge on any atom is -0.334 e. The zero-order valence-electron chi connectivity index (χ0n) is 13.4. The van der Waals surface area contributed by atoms with E-state index in [1.807, 2.05) is 43.0 Å². The van der Waals surface area contributed by atoms with E-state index < -0.39 is 0 Å². The van der Waals surface area contributed by atoms with Gasteiger partial charge in [-0.3, -0.25) is 4.79 Å². The lowest BCUT2D eigenvalue weighted by atomic mass is 10.0. The van der Waals surface area contributed by atoms with Gasteiger partial charge in [0.15, 0.2) is 5.69 Å². The summed E-state index contributed by atoms with van der Waals surface area (Å²) >= 11 is 0. The van der Waals surface area contributed by atoms with Gasteiger partial charge >= 0.3 is 0 Å². The molecule has 1 amide bonds. The van der Waals surface area contributed by atoms with Crippen molar-refractivity contribution in [1.29, 1.82) is 0 Å². The number of nitrogens with zero attached hydrogens (tertiary/aromatic N) is 4. The molecule has 0 N–H and O–H groups in total. The molecule has 116 valence electrons. The van der Waals surface area contributed by atoms with Crippen molar-refractivity contribution in [3.8, 4) is 5.69 Å². The number of benzene rings is 1. The highest BCUT2D eigenvalue weighted by Crippen LogP contribution is 2.20. The summed E-state index contributed by atoms with van der Waals surface area (Å²) in [5.74, 6) is 0.00283. The quantitative estimate of drug-likeness (QED) is 0.856. The standard InChI is InChI=1S/C17H22N4O/c1-12-7-9-15(10-8-12)21-18-14(3)16(19-21)17(22)20-11-5-4-6-13(20)2/h7-10,13H,4-6,11H2,1-3H3/t13-/m0/s1. The fourth-order valence-electron chi connectivity index (χ4n) is 2.91. The Morgan fingerprint density at radius 2 is 1.86 bits per heavy atom. The lowest BCUT2D eigenvalue weighted by Crippen LogP contribution is -2.42. The average Bonchev–Trinajstić information content (AvgIpc) is 2.90. The highest BCUT2D eigenvalue weighted by molar-refractivity contribution is 5.93. The first-order valence-corrected chi connectivity index (χ1v) is 7.88. The van der Waals surface area contributed by atoms with Crippen LogP contribution in [0.1, 0.15) is 47.9 Å². The number of aryl methyl sites for hydroxylation is 2. The van der Waals surface area contributed by atoms with Gasteiger partial charge in [0, 0.05) is 12.6 Å². The predicted molar refractivity (Wildman–Crippen MR) is 85.2 cm³/mol. The number of amides is 1. The second-order valence-corrected chi connectivity index (χ2v) is 6.10. The zero-order chi connectivity index (χ0) is 15.7. The maximum atomic E-state index is 12.7. The molecule has 0 bridgehead atoms. The van der Waals surface area contributed by atoms with E-state index in [2.05, 4.69) is 17.1 Å². The number of carbonyl (C=O) groups excluding carboxylic acids is 1. The molecule has 1 saturated heterocycles. The molecular weight excluding hydrogens is 276 g/mol. The van der Waals surface area contributed by atoms with Crippen LogP contribution < -0.4 is 0 Å². The van der Waals surface area contributed by atoms with Crippen LogP contribution >= 0.6 is 0 Å². The molecule has 5 heteroatoms. The van der Waals surface area contributed by atoms with Crippen LogP contribution in [0.25, 0.3) is 5.69 Å². The smallest absolute Gasteiger partial charge is 0.276 e. The zero-order valence-corrected chi connectivity index (χ0v) is 13.4. The van der Waals surface area contributed by atoms with E-state index in [0.29, 0.717) is 11.4 Å². The average molecular weight is 298 g/mol. The van der Waals surface area contributed by atoms with Crippen LogP contribution in [0.5, 0.6) is 0 Å². The third-order valence-electron chi connectivity index (χ3n) is 4.31. The fraction of sp³-hybridized carbons (Fsp3) is 0.471. The third kappa shape index (κ3) is 2.75. The molecule has 1 fully saturated rings. The maximum Gasteiger partial charge on any atom is 0.276 e. The number of piperidine rings is 1. The summed E-state index contributed by atoms with van der Waals surface area (Å²) in [5.41, 5.74) is 3.21. The lowest BCUT2D eigenvalue weighted by molar-refractivity contribution is 0.0628. The van der Waals surface area contributed by atoms with Crippen molar-refractivity contribution in [3.63, 3.8) is 0 Å². The summed E-state index contributed by atoms with van der Waals surface area (Å²) in [7, 11) is 0. The van der Waals surface area contributed by atoms with Gasteiger partial charge < -0.3 is 4.90 Å². The number of carbonyl (C=O) groups is 1. The first-order valence-electron chi connectivity index (χ1n) is 7.88. The normalized spacial score (nSPS) is 18.5. The van der Waals surface area contributed by atoms with Gasteiger partial charge in [-0.15, -0.1) is 5.10 Å². The Balaban J connectivity index is 1.88. The van der Waals surface area contributed by atoms with E-state index in [4.69, 9.17) is 0 Å². The molecule has 1 aromatic heterocycles. The Morgan fingerprint density at radius 3 is 2.55 bits per heavy atom. The third-order valence-corrected chi connectivity index (χ3v) is 4.31. The second-order valence-electron chi connectivity index (χ2n) is 6.10. The molecule has 0 aliphatic carbocycles. The summed E-state index contributed by atoms with van der Waals surface area (Å²) < 4.78 is 0. The number of rotatable bonds is 2. The van der Waals surface area contributed by atoms with Crippen LogP contribution in [0.2, 0.25) is 0 Å². The Bertz CT molecular complexity index is 674. The summed E-state index contributed by atoms with van der Waals surface area (Å²) in [6.07, 6.45) is 3.33. The van der Waals surface area contributed by atoms with Gasteiger partial charge in [0.05, 0.1) is 11.4 Å². The SMILES string of the molecule is Cc1ccc(-n2nc(C)c(C(=O)N3CCCC[C@@H]3C)n2)cc1. The number of aromatic nitrogens is 3. The van der Waals surface area contributed by atoms with Crippen molar-refractivity contribution < 1.29 is 4.79 Å². The van der Waals surface area contributed by atoms with Gasteiger partial charge in [0.2, 0.25) is 0 Å². The van der Waals surface area contributed by atoms with Crippen molar-refractivity contribution >= 4 is 5.91 Å². The van der Waals surface area contributed by atoms with Crippen molar-refractivity contribution in [2.45, 2.75) is 46.1 Å². The maximum absolute atomic E-state index is 12.7. The largest absolute Gasteiger partial charge is 0.334 e. The van der Waals surface area contributed by atoms with Gasteiger partial charge in [0.1, 0.15) is 0 Å². The second kappa shape index (κ2) is 5.91. The van der Waals surface area contributed by atoms with Crippen molar-refractivity contribution in [2.24, 2.45) is 0 Å². The van der Waals surface area contributed by atoms with Crippen LogP contribution in [0.3, 0.4) is 0 Å². The number of hydrogen-bond donors (Lipinski definition) is 0. The predicted octanol–water partition coefficient (Wildman–Crippen LogP) is 2.90. The van der Waals surface area contributed by atoms with Gasteiger partial charge in [-0.2, -0.15) is 9.90 Å². The van der Waals surface area contributed by atoms with Gasteiger partial charge in [0.25, 0.3) is 5.91 Å². The molecule has 1 aromatic carbocycles. The molecule has 1 aliphatic rings. The van der Waals surface area contributed by atoms with E-state index in [9.17, 15) is 4.79 Å². The minimum absolute atomic E-state index is 0.00283. The van der Waals surface area contributed by atoms with Crippen molar-refractivity contribution in [3.05, 3.63) is 41.2 Å². The van der Waals surface area contributed by atoms with E-state index in [-0.39, 0.29) is 11.9 Å². The summed E-state index contributed by atoms with van der Waals surface area (Å²) in [5, 5.41) is 8.84. The molecule has 2 aromatic rings. The molecule has 3 rings (SSSR count). The van der Waals surface area contributed by atoms with E-state index >= 15 is 0 Å². The molecule has 0 radical (unpaired) electrons. The topological polar surface area (TPSA) is 51.0 Å². The van der Waals surface area contributed by atoms with Crippen LogP contribution in [0.15, 0.2) is 24.3 Å². The molecule has 1 atom stereocenters. The Kier molecular flexibility index (Phi) is 3.96. The summed E-state index contributed by atoms with van der Waals surface area (Å²) in [6, 6.07) is 8.24. The Labute approximate surface area is 130 Å². The van der Waals surface area contributed by atoms with Crippen LogP contribution in [-0.4, -0.2) is 38.4 Å². The monoisotopic (exact) mass is 298 g/mol. The molecule has 2 heterocycles. The summed E-state index contributed by atoms with van der Waals surface area (Å²) in [6.45, 7) is 6.81. The van der Waals surface area contributed by atoms with E-state index in [0.717, 1.165) is 25.1 Å². The number of likely N-dealkylation sites (tertiary alicyclic amines) is 1. The highest BCUT2D eigenvalue weighted by atomic mass is 16.2. The molecule has 22 heavy (non-hydrogen) atoms.